The number of aromatic nitrogens is 2. The monoisotopic (exact) mass is 403 g/mol. The van der Waals surface area contributed by atoms with Gasteiger partial charge in [0.15, 0.2) is 5.82 Å². The van der Waals surface area contributed by atoms with Gasteiger partial charge in [0.05, 0.1) is 17.8 Å². The van der Waals surface area contributed by atoms with E-state index in [0.29, 0.717) is 22.5 Å². The van der Waals surface area contributed by atoms with E-state index < -0.39 is 11.9 Å². The molecule has 0 bridgehead atoms. The molecule has 3 rings (SSSR count). The van der Waals surface area contributed by atoms with Crippen molar-refractivity contribution in [2.45, 2.75) is 13.0 Å². The third kappa shape index (κ3) is 2.71. The number of amides is 1. The van der Waals surface area contributed by atoms with Gasteiger partial charge in [-0.05, 0) is 25.1 Å². The maximum atomic E-state index is 14.2. The van der Waals surface area contributed by atoms with Crippen LogP contribution in [0.25, 0.3) is 11.5 Å². The van der Waals surface area contributed by atoms with Crippen molar-refractivity contribution in [2.75, 3.05) is 15.9 Å². The lowest BCUT2D eigenvalue weighted by atomic mass is 10.1. The second kappa shape index (κ2) is 5.58. The molecule has 0 spiro atoms. The summed E-state index contributed by atoms with van der Waals surface area (Å²) in [4.78, 5) is 17.1. The van der Waals surface area contributed by atoms with Gasteiger partial charge >= 0.3 is 6.09 Å². The molecule has 2 heterocycles. The fourth-order valence-corrected chi connectivity index (χ4v) is 2.52. The van der Waals surface area contributed by atoms with Gasteiger partial charge in [-0.2, -0.15) is 4.98 Å². The lowest BCUT2D eigenvalue weighted by Gasteiger charge is -2.13. The summed E-state index contributed by atoms with van der Waals surface area (Å²) in [5, 5.41) is 3.63. The number of cyclic esters (lactones) is 1. The molecule has 0 aliphatic carbocycles. The molecule has 1 saturated heterocycles. The molecular weight excluding hydrogens is 392 g/mol. The average Bonchev–Trinajstić information content (AvgIpc) is 3.04. The Morgan fingerprint density at radius 3 is 2.90 bits per heavy atom. The van der Waals surface area contributed by atoms with Gasteiger partial charge < -0.3 is 9.26 Å². The molecule has 2 aromatic rings. The third-order valence-corrected chi connectivity index (χ3v) is 4.05. The van der Waals surface area contributed by atoms with E-state index in [2.05, 4.69) is 32.7 Å². The number of benzene rings is 1. The van der Waals surface area contributed by atoms with Crippen molar-refractivity contribution in [1.29, 1.82) is 0 Å². The van der Waals surface area contributed by atoms with Gasteiger partial charge in [0.1, 0.15) is 11.9 Å². The molecular formula is C13H11FIN3O3. The van der Waals surface area contributed by atoms with Gasteiger partial charge in [0, 0.05) is 4.43 Å². The molecule has 1 aromatic heterocycles. The van der Waals surface area contributed by atoms with E-state index in [9.17, 15) is 9.18 Å². The summed E-state index contributed by atoms with van der Waals surface area (Å²) in [5.41, 5.74) is 0.655. The lowest BCUT2D eigenvalue weighted by Crippen LogP contribution is -2.24. The maximum Gasteiger partial charge on any atom is 0.414 e. The Morgan fingerprint density at radius 2 is 2.33 bits per heavy atom. The Morgan fingerprint density at radius 1 is 1.52 bits per heavy atom. The fraction of sp³-hybridized carbons (Fsp3) is 0.308. The first-order valence-corrected chi connectivity index (χ1v) is 7.75. The number of ether oxygens (including phenoxy) is 1. The smallest absolute Gasteiger partial charge is 0.414 e. The van der Waals surface area contributed by atoms with Crippen LogP contribution in [0.4, 0.5) is 14.9 Å². The molecule has 110 valence electrons. The van der Waals surface area contributed by atoms with Crippen LogP contribution < -0.4 is 4.90 Å². The second-order valence-corrected chi connectivity index (χ2v) is 5.46. The first kappa shape index (κ1) is 14.2. The van der Waals surface area contributed by atoms with E-state index in [1.807, 2.05) is 0 Å². The van der Waals surface area contributed by atoms with E-state index in [1.54, 1.807) is 13.0 Å². The Kier molecular flexibility index (Phi) is 3.79. The van der Waals surface area contributed by atoms with Crippen molar-refractivity contribution in [3.63, 3.8) is 0 Å². The molecule has 1 amide bonds. The van der Waals surface area contributed by atoms with E-state index in [-0.39, 0.29) is 17.6 Å². The molecule has 1 atom stereocenters. The minimum absolute atomic E-state index is 0.116. The van der Waals surface area contributed by atoms with E-state index in [1.165, 1.54) is 17.0 Å². The zero-order chi connectivity index (χ0) is 15.0. The SMILES string of the molecule is Cc1noc(-c2ccc(N3CC(CI)OC3=O)cc2F)n1. The van der Waals surface area contributed by atoms with Gasteiger partial charge in [-0.3, -0.25) is 4.90 Å². The zero-order valence-electron chi connectivity index (χ0n) is 11.0. The predicted molar refractivity (Wildman–Crippen MR) is 80.9 cm³/mol. The maximum absolute atomic E-state index is 14.2. The summed E-state index contributed by atoms with van der Waals surface area (Å²) < 4.78 is 25.0. The number of carbonyl (C=O) groups excluding carboxylic acids is 1. The van der Waals surface area contributed by atoms with Gasteiger partial charge in [0.25, 0.3) is 5.89 Å². The van der Waals surface area contributed by atoms with E-state index >= 15 is 0 Å². The highest BCUT2D eigenvalue weighted by Crippen LogP contribution is 2.28. The molecule has 1 aliphatic rings. The van der Waals surface area contributed by atoms with Crippen LogP contribution in [0.1, 0.15) is 5.82 Å². The normalized spacial score (nSPS) is 18.1. The largest absolute Gasteiger partial charge is 0.443 e. The minimum atomic E-state index is -0.526. The van der Waals surface area contributed by atoms with Crippen LogP contribution in [0.15, 0.2) is 22.7 Å². The van der Waals surface area contributed by atoms with Crippen LogP contribution in [0.5, 0.6) is 0 Å². The van der Waals surface area contributed by atoms with E-state index in [0.717, 1.165) is 0 Å². The van der Waals surface area contributed by atoms with Crippen molar-refractivity contribution < 1.29 is 18.4 Å². The van der Waals surface area contributed by atoms with Gasteiger partial charge in [-0.25, -0.2) is 9.18 Å². The minimum Gasteiger partial charge on any atom is -0.443 e. The molecule has 6 nitrogen and oxygen atoms in total. The van der Waals surface area contributed by atoms with Crippen LogP contribution in [0.3, 0.4) is 0 Å². The first-order chi connectivity index (χ1) is 10.1. The summed E-state index contributed by atoms with van der Waals surface area (Å²) in [6.07, 6.45) is -0.628. The molecule has 0 saturated carbocycles. The first-order valence-electron chi connectivity index (χ1n) is 6.23. The highest BCUT2D eigenvalue weighted by molar-refractivity contribution is 14.1. The molecule has 1 aliphatic heterocycles. The number of halogens is 2. The predicted octanol–water partition coefficient (Wildman–Crippen LogP) is 2.94. The number of anilines is 1. The van der Waals surface area contributed by atoms with Crippen LogP contribution in [0.2, 0.25) is 0 Å². The Labute approximate surface area is 133 Å². The quantitative estimate of drug-likeness (QED) is 0.583. The van der Waals surface area contributed by atoms with Crippen molar-refractivity contribution in [3.05, 3.63) is 29.8 Å². The lowest BCUT2D eigenvalue weighted by molar-refractivity contribution is 0.153. The summed E-state index contributed by atoms with van der Waals surface area (Å²) in [6, 6.07) is 4.42. The average molecular weight is 403 g/mol. The van der Waals surface area contributed by atoms with Crippen LogP contribution in [0, 0.1) is 12.7 Å². The van der Waals surface area contributed by atoms with Crippen molar-refractivity contribution in [3.8, 4) is 11.5 Å². The fourth-order valence-electron chi connectivity index (χ4n) is 2.06. The Bertz CT molecular complexity index is 691. The molecule has 1 unspecified atom stereocenters. The third-order valence-electron chi connectivity index (χ3n) is 3.07. The molecule has 1 aromatic carbocycles. The van der Waals surface area contributed by atoms with Gasteiger partial charge in [-0.15, -0.1) is 0 Å². The summed E-state index contributed by atoms with van der Waals surface area (Å²) >= 11 is 2.15. The van der Waals surface area contributed by atoms with Crippen molar-refractivity contribution >= 4 is 34.4 Å². The summed E-state index contributed by atoms with van der Waals surface area (Å²) in [6.45, 7) is 2.07. The Hall–Kier alpha value is -1.71. The molecule has 0 N–H and O–H groups in total. The summed E-state index contributed by atoms with van der Waals surface area (Å²) in [5.74, 6) is 0.0223. The Balaban J connectivity index is 1.90. The number of alkyl halides is 1. The topological polar surface area (TPSA) is 68.5 Å². The number of hydrogen-bond acceptors (Lipinski definition) is 5. The number of carbonyl (C=O) groups is 1. The second-order valence-electron chi connectivity index (χ2n) is 4.58. The van der Waals surface area contributed by atoms with Crippen molar-refractivity contribution in [1.82, 2.24) is 10.1 Å². The van der Waals surface area contributed by atoms with E-state index in [4.69, 9.17) is 9.26 Å². The summed E-state index contributed by atoms with van der Waals surface area (Å²) in [7, 11) is 0. The highest BCUT2D eigenvalue weighted by atomic mass is 127. The molecule has 1 fully saturated rings. The van der Waals surface area contributed by atoms with Crippen LogP contribution in [-0.4, -0.2) is 33.3 Å². The molecule has 21 heavy (non-hydrogen) atoms. The van der Waals surface area contributed by atoms with Crippen LogP contribution in [-0.2, 0) is 4.74 Å². The zero-order valence-corrected chi connectivity index (χ0v) is 13.2. The number of hydrogen-bond donors (Lipinski definition) is 0. The highest BCUT2D eigenvalue weighted by Gasteiger charge is 2.32. The number of rotatable bonds is 3. The van der Waals surface area contributed by atoms with Gasteiger partial charge in [-0.1, -0.05) is 27.7 Å². The molecule has 0 radical (unpaired) electrons. The molecule has 8 heteroatoms. The van der Waals surface area contributed by atoms with Gasteiger partial charge in [0.2, 0.25) is 0 Å². The standard InChI is InChI=1S/C13H11FIN3O3/c1-7-16-12(21-17-7)10-3-2-8(4-11(10)14)18-6-9(5-15)20-13(18)19/h2-4,9H,5-6H2,1H3. The van der Waals surface area contributed by atoms with Crippen molar-refractivity contribution in [2.24, 2.45) is 0 Å². The number of nitrogens with zero attached hydrogens (tertiary/aromatic N) is 3. The number of aryl methyl sites for hydroxylation is 1. The van der Waals surface area contributed by atoms with Crippen LogP contribution >= 0.6 is 22.6 Å².